The van der Waals surface area contributed by atoms with Crippen molar-refractivity contribution in [3.63, 3.8) is 0 Å². The molecule has 1 N–H and O–H groups in total. The van der Waals surface area contributed by atoms with Gasteiger partial charge < -0.3 is 19.0 Å². The van der Waals surface area contributed by atoms with Crippen molar-refractivity contribution in [2.24, 2.45) is 0 Å². The normalized spacial score (nSPS) is 12.9. The number of hydrogen-bond donors (Lipinski definition) is 1. The van der Waals surface area contributed by atoms with Crippen LogP contribution in [0.15, 0.2) is 77.9 Å². The van der Waals surface area contributed by atoms with E-state index in [0.717, 1.165) is 17.5 Å². The third kappa shape index (κ3) is 6.12. The number of ether oxygens (including phenoxy) is 2. The first-order valence-corrected chi connectivity index (χ1v) is 14.1. The summed E-state index contributed by atoms with van der Waals surface area (Å²) >= 11 is 0. The molecule has 0 saturated heterocycles. The Labute approximate surface area is 245 Å². The molecule has 0 unspecified atom stereocenters. The van der Waals surface area contributed by atoms with Crippen molar-refractivity contribution in [2.75, 3.05) is 6.79 Å². The number of nitrogens with one attached hydrogen (secondary N) is 1. The van der Waals surface area contributed by atoms with E-state index in [2.05, 4.69) is 15.0 Å². The third-order valence-corrected chi connectivity index (χ3v) is 7.44. The van der Waals surface area contributed by atoms with Crippen molar-refractivity contribution >= 4 is 10.9 Å². The lowest BCUT2D eigenvalue weighted by Crippen LogP contribution is -2.26. The van der Waals surface area contributed by atoms with Gasteiger partial charge in [0.25, 0.3) is 5.56 Å². The van der Waals surface area contributed by atoms with Gasteiger partial charge in [0.2, 0.25) is 6.79 Å². The molecule has 3 aromatic carbocycles. The molecule has 0 fully saturated rings. The zero-order valence-electron chi connectivity index (χ0n) is 23.5. The Morgan fingerprint density at radius 2 is 1.70 bits per heavy atom. The van der Waals surface area contributed by atoms with Crippen LogP contribution < -0.4 is 15.0 Å². The third-order valence-electron chi connectivity index (χ3n) is 7.44. The molecular formula is C32H30F3N5O3. The van der Waals surface area contributed by atoms with E-state index in [4.69, 9.17) is 9.47 Å². The maximum atomic E-state index is 14.6. The van der Waals surface area contributed by atoms with Crippen LogP contribution >= 0.6 is 0 Å². The first-order valence-electron chi connectivity index (χ1n) is 14.1. The summed E-state index contributed by atoms with van der Waals surface area (Å²) in [7, 11) is 0. The highest BCUT2D eigenvalue weighted by atomic mass is 19.4. The van der Waals surface area contributed by atoms with E-state index >= 15 is 0 Å². The summed E-state index contributed by atoms with van der Waals surface area (Å²) in [4.78, 5) is 25.2. The van der Waals surface area contributed by atoms with Crippen LogP contribution in [0.25, 0.3) is 22.3 Å². The van der Waals surface area contributed by atoms with E-state index in [0.29, 0.717) is 59.8 Å². The SMILES string of the molecule is CCCCn1c(-c2ccccc2)nc(C(F)(F)F)c1CN(Cc1ccc2c(c1)OCO2)Cc1ccc2c(=O)[nH]cnc2c1. The molecule has 0 bridgehead atoms. The summed E-state index contributed by atoms with van der Waals surface area (Å²) in [6.07, 6.45) is -1.79. The van der Waals surface area contributed by atoms with Crippen LogP contribution in [0.5, 0.6) is 11.5 Å². The number of aromatic amines is 1. The number of unbranched alkanes of at least 4 members (excludes halogenated alkanes) is 1. The first-order chi connectivity index (χ1) is 20.8. The minimum atomic E-state index is -4.64. The van der Waals surface area contributed by atoms with Crippen LogP contribution in [0.1, 0.15) is 42.3 Å². The van der Waals surface area contributed by atoms with Crippen molar-refractivity contribution in [3.8, 4) is 22.9 Å². The fourth-order valence-electron chi connectivity index (χ4n) is 5.39. The number of hydrogen-bond acceptors (Lipinski definition) is 6. The Balaban J connectivity index is 1.43. The van der Waals surface area contributed by atoms with Crippen molar-refractivity contribution in [2.45, 2.75) is 52.1 Å². The number of aromatic nitrogens is 4. The van der Waals surface area contributed by atoms with Crippen LogP contribution in [0.4, 0.5) is 13.2 Å². The van der Waals surface area contributed by atoms with Crippen LogP contribution in [0, 0.1) is 0 Å². The second-order valence-electron chi connectivity index (χ2n) is 10.5. The molecule has 1 aliphatic rings. The Morgan fingerprint density at radius 3 is 2.47 bits per heavy atom. The Kier molecular flexibility index (Phi) is 7.90. The number of benzene rings is 3. The fourth-order valence-corrected chi connectivity index (χ4v) is 5.39. The summed E-state index contributed by atoms with van der Waals surface area (Å²) in [5.41, 5.74) is 1.78. The topological polar surface area (TPSA) is 85.3 Å². The zero-order chi connectivity index (χ0) is 30.0. The van der Waals surface area contributed by atoms with E-state index in [9.17, 15) is 18.0 Å². The molecule has 5 aromatic rings. The number of H-pyrrole nitrogens is 1. The maximum Gasteiger partial charge on any atom is 0.435 e. The van der Waals surface area contributed by atoms with E-state index < -0.39 is 11.9 Å². The van der Waals surface area contributed by atoms with Crippen molar-refractivity contribution in [3.05, 3.63) is 106 Å². The average Bonchev–Trinajstić information content (AvgIpc) is 3.61. The Morgan fingerprint density at radius 1 is 0.953 bits per heavy atom. The minimum Gasteiger partial charge on any atom is -0.454 e. The van der Waals surface area contributed by atoms with E-state index in [-0.39, 0.29) is 24.6 Å². The van der Waals surface area contributed by atoms with Gasteiger partial charge in [-0.25, -0.2) is 9.97 Å². The lowest BCUT2D eigenvalue weighted by Gasteiger charge is -2.25. The van der Waals surface area contributed by atoms with Crippen molar-refractivity contribution in [1.82, 2.24) is 24.4 Å². The predicted octanol–water partition coefficient (Wildman–Crippen LogP) is 6.54. The molecule has 0 saturated carbocycles. The molecule has 0 aliphatic carbocycles. The number of rotatable bonds is 10. The Hall–Kier alpha value is -4.64. The average molecular weight is 590 g/mol. The minimum absolute atomic E-state index is 0.0202. The molecule has 0 amide bonds. The summed E-state index contributed by atoms with van der Waals surface area (Å²) in [5.74, 6) is 1.53. The number of imidazole rings is 1. The van der Waals surface area contributed by atoms with E-state index in [1.807, 2.05) is 36.1 Å². The monoisotopic (exact) mass is 589 g/mol. The summed E-state index contributed by atoms with van der Waals surface area (Å²) in [5, 5.41) is 0.443. The van der Waals surface area contributed by atoms with Crippen molar-refractivity contribution < 1.29 is 22.6 Å². The molecule has 3 heterocycles. The van der Waals surface area contributed by atoms with Gasteiger partial charge in [-0.15, -0.1) is 0 Å². The molecule has 0 atom stereocenters. The highest BCUT2D eigenvalue weighted by Crippen LogP contribution is 2.37. The second kappa shape index (κ2) is 11.9. The van der Waals surface area contributed by atoms with Gasteiger partial charge >= 0.3 is 6.18 Å². The lowest BCUT2D eigenvalue weighted by molar-refractivity contribution is -0.141. The molecular weight excluding hydrogens is 559 g/mol. The maximum absolute atomic E-state index is 14.6. The largest absolute Gasteiger partial charge is 0.454 e. The Bertz CT molecular complexity index is 1800. The molecule has 8 nitrogen and oxygen atoms in total. The smallest absolute Gasteiger partial charge is 0.435 e. The van der Waals surface area contributed by atoms with Crippen LogP contribution in [-0.2, 0) is 32.4 Å². The summed E-state index contributed by atoms with van der Waals surface area (Å²) < 4.78 is 56.5. The van der Waals surface area contributed by atoms with Gasteiger partial charge in [0, 0.05) is 31.7 Å². The van der Waals surface area contributed by atoms with Crippen molar-refractivity contribution in [1.29, 1.82) is 0 Å². The number of alkyl halides is 3. The van der Waals surface area contributed by atoms with Crippen LogP contribution in [0.2, 0.25) is 0 Å². The fraction of sp³-hybridized carbons (Fsp3) is 0.281. The summed E-state index contributed by atoms with van der Waals surface area (Å²) in [6, 6.07) is 19.8. The van der Waals surface area contributed by atoms with E-state index in [1.54, 1.807) is 47.0 Å². The number of halogens is 3. The summed E-state index contributed by atoms with van der Waals surface area (Å²) in [6.45, 7) is 3.14. The van der Waals surface area contributed by atoms with Gasteiger partial charge in [-0.1, -0.05) is 55.8 Å². The molecule has 222 valence electrons. The number of nitrogens with zero attached hydrogens (tertiary/aromatic N) is 4. The highest BCUT2D eigenvalue weighted by Gasteiger charge is 2.39. The lowest BCUT2D eigenvalue weighted by atomic mass is 10.1. The van der Waals surface area contributed by atoms with Gasteiger partial charge in [-0.3, -0.25) is 9.69 Å². The van der Waals surface area contributed by atoms with Gasteiger partial charge in [0.15, 0.2) is 17.2 Å². The van der Waals surface area contributed by atoms with Gasteiger partial charge in [-0.2, -0.15) is 13.2 Å². The molecule has 1 aliphatic heterocycles. The van der Waals surface area contributed by atoms with Gasteiger partial charge in [0.05, 0.1) is 22.9 Å². The highest BCUT2D eigenvalue weighted by molar-refractivity contribution is 5.77. The predicted molar refractivity (Wildman–Crippen MR) is 155 cm³/mol. The molecule has 43 heavy (non-hydrogen) atoms. The number of fused-ring (bicyclic) bond motifs is 2. The molecule has 2 aromatic heterocycles. The quantitative estimate of drug-likeness (QED) is 0.199. The van der Waals surface area contributed by atoms with E-state index in [1.165, 1.54) is 6.33 Å². The van der Waals surface area contributed by atoms with Crippen LogP contribution in [-0.4, -0.2) is 31.2 Å². The molecule has 6 rings (SSSR count). The first kappa shape index (κ1) is 28.5. The van der Waals surface area contributed by atoms with Gasteiger partial charge in [-0.05, 0) is 41.8 Å². The second-order valence-corrected chi connectivity index (χ2v) is 10.5. The van der Waals surface area contributed by atoms with Gasteiger partial charge in [0.1, 0.15) is 5.82 Å². The van der Waals surface area contributed by atoms with Crippen LogP contribution in [0.3, 0.4) is 0 Å². The molecule has 0 spiro atoms. The zero-order valence-corrected chi connectivity index (χ0v) is 23.5. The molecule has 0 radical (unpaired) electrons. The molecule has 11 heteroatoms. The standard InChI is InChI=1S/C32H30F3N5O3/c1-2-3-13-40-26(29(32(33,34)35)38-30(40)23-7-5-4-6-8-23)18-39(17-22-10-12-27-28(15-22)43-20-42-27)16-21-9-11-24-25(14-21)36-19-37-31(24)41/h4-12,14-15,19H,2-3,13,16-18,20H2,1H3,(H,36,37,41).